The fourth-order valence-corrected chi connectivity index (χ4v) is 5.56. The van der Waals surface area contributed by atoms with E-state index in [9.17, 15) is 27.6 Å². The topological polar surface area (TPSA) is 75.5 Å². The maximum absolute atomic E-state index is 13.5. The maximum Gasteiger partial charge on any atom is 0.416 e. The molecule has 7 nitrogen and oxygen atoms in total. The zero-order valence-corrected chi connectivity index (χ0v) is 21.0. The van der Waals surface area contributed by atoms with Crippen molar-refractivity contribution < 1.29 is 27.6 Å². The number of halogens is 4. The second kappa shape index (κ2) is 9.62. The average Bonchev–Trinajstić information content (AvgIpc) is 3.35. The standard InChI is InChI=1S/C25H20ClF3N4O3S/c1-31-7-6-21(34)20(13-31)33-23(35)22(37-24(33)36)9-14-2-5-19-16(8-14)11-30-32(19)12-15-3-4-17(26)10-18(15)25(27,28)29/h2-5,8-11,20H,6-7,12-13H2,1H3/b22-9-. The number of carbonyl (C=O) groups is 3. The number of aromatic nitrogens is 2. The second-order valence-electron chi connectivity index (χ2n) is 8.97. The Morgan fingerprint density at radius 2 is 1.95 bits per heavy atom. The Balaban J connectivity index is 1.40. The third kappa shape index (κ3) is 5.03. The van der Waals surface area contributed by atoms with Crippen LogP contribution in [0.1, 0.15) is 23.1 Å². The van der Waals surface area contributed by atoms with Gasteiger partial charge in [0.15, 0.2) is 5.78 Å². The molecule has 37 heavy (non-hydrogen) atoms. The third-order valence-corrected chi connectivity index (χ3v) is 7.51. The number of amides is 2. The first-order valence-electron chi connectivity index (χ1n) is 11.3. The van der Waals surface area contributed by atoms with E-state index in [1.807, 2.05) is 11.9 Å². The van der Waals surface area contributed by atoms with Gasteiger partial charge in [-0.1, -0.05) is 23.7 Å². The van der Waals surface area contributed by atoms with Crippen LogP contribution in [0.4, 0.5) is 18.0 Å². The van der Waals surface area contributed by atoms with Gasteiger partial charge in [0, 0.05) is 29.9 Å². The highest BCUT2D eigenvalue weighted by atomic mass is 35.5. The lowest BCUT2D eigenvalue weighted by atomic mass is 10.0. The lowest BCUT2D eigenvalue weighted by molar-refractivity contribution is -0.138. The van der Waals surface area contributed by atoms with Crippen LogP contribution in [0.2, 0.25) is 5.02 Å². The molecule has 3 aromatic rings. The van der Waals surface area contributed by atoms with Gasteiger partial charge in [-0.05, 0) is 60.3 Å². The molecule has 0 saturated carbocycles. The first-order chi connectivity index (χ1) is 17.5. The average molecular weight is 549 g/mol. The molecular formula is C25H20ClF3N4O3S. The predicted octanol–water partition coefficient (Wildman–Crippen LogP) is 5.07. The summed E-state index contributed by atoms with van der Waals surface area (Å²) >= 11 is 6.56. The smallest absolute Gasteiger partial charge is 0.303 e. The highest BCUT2D eigenvalue weighted by Crippen LogP contribution is 2.36. The molecule has 0 aliphatic carbocycles. The number of benzene rings is 2. The SMILES string of the molecule is CN1CCC(=O)C(N2C(=O)S/C(=C\c3ccc4c(cnn4Cc4ccc(Cl)cc4C(F)(F)F)c3)C2=O)C1. The molecule has 3 heterocycles. The molecule has 0 N–H and O–H groups in total. The number of nitrogens with zero attached hydrogens (tertiary/aromatic N) is 4. The van der Waals surface area contributed by atoms with Crippen LogP contribution in [0.15, 0.2) is 47.5 Å². The number of piperidine rings is 1. The summed E-state index contributed by atoms with van der Waals surface area (Å²) in [5.41, 5.74) is 0.428. The van der Waals surface area contributed by atoms with E-state index in [0.29, 0.717) is 29.6 Å². The van der Waals surface area contributed by atoms with Crippen LogP contribution in [0, 0.1) is 0 Å². The molecule has 192 valence electrons. The number of hydrogen-bond donors (Lipinski definition) is 0. The van der Waals surface area contributed by atoms with E-state index in [-0.39, 0.29) is 34.2 Å². The summed E-state index contributed by atoms with van der Waals surface area (Å²) in [4.78, 5) is 41.1. The minimum atomic E-state index is -4.56. The fraction of sp³-hybridized carbons (Fsp3) is 0.280. The van der Waals surface area contributed by atoms with Crippen molar-refractivity contribution in [3.05, 3.63) is 69.2 Å². The monoisotopic (exact) mass is 548 g/mol. The van der Waals surface area contributed by atoms with Crippen LogP contribution < -0.4 is 0 Å². The van der Waals surface area contributed by atoms with E-state index in [0.717, 1.165) is 22.7 Å². The molecule has 5 rings (SSSR count). The van der Waals surface area contributed by atoms with Gasteiger partial charge in [0.25, 0.3) is 11.1 Å². The molecule has 2 aromatic carbocycles. The van der Waals surface area contributed by atoms with E-state index in [2.05, 4.69) is 5.10 Å². The van der Waals surface area contributed by atoms with Crippen molar-refractivity contribution >= 4 is 57.3 Å². The van der Waals surface area contributed by atoms with Crippen molar-refractivity contribution in [2.75, 3.05) is 20.1 Å². The molecule has 2 fully saturated rings. The summed E-state index contributed by atoms with van der Waals surface area (Å²) in [6.45, 7) is 0.779. The van der Waals surface area contributed by atoms with Gasteiger partial charge in [0.2, 0.25) is 0 Å². The largest absolute Gasteiger partial charge is 0.416 e. The summed E-state index contributed by atoms with van der Waals surface area (Å²) < 4.78 is 41.9. The molecule has 0 spiro atoms. The number of thioether (sulfide) groups is 1. The number of rotatable bonds is 4. The summed E-state index contributed by atoms with van der Waals surface area (Å²) in [5.74, 6) is -0.647. The Morgan fingerprint density at radius 3 is 2.70 bits per heavy atom. The lowest BCUT2D eigenvalue weighted by Crippen LogP contribution is -2.53. The van der Waals surface area contributed by atoms with Crippen molar-refractivity contribution in [1.82, 2.24) is 19.6 Å². The minimum absolute atomic E-state index is 0.00433. The van der Waals surface area contributed by atoms with E-state index < -0.39 is 28.9 Å². The van der Waals surface area contributed by atoms with Crippen molar-refractivity contribution in [3.8, 4) is 0 Å². The molecular weight excluding hydrogens is 529 g/mol. The van der Waals surface area contributed by atoms with Crippen LogP contribution in [0.3, 0.4) is 0 Å². The van der Waals surface area contributed by atoms with E-state index in [1.54, 1.807) is 24.3 Å². The van der Waals surface area contributed by atoms with Crippen LogP contribution in [-0.4, -0.2) is 62.7 Å². The summed E-state index contributed by atoms with van der Waals surface area (Å²) in [6.07, 6.45) is -1.18. The van der Waals surface area contributed by atoms with Gasteiger partial charge < -0.3 is 4.90 Å². The van der Waals surface area contributed by atoms with Gasteiger partial charge in [-0.3, -0.25) is 24.0 Å². The van der Waals surface area contributed by atoms with Crippen LogP contribution in [0.25, 0.3) is 17.0 Å². The van der Waals surface area contributed by atoms with Crippen molar-refractivity contribution in [1.29, 1.82) is 0 Å². The number of ketones is 1. The van der Waals surface area contributed by atoms with Gasteiger partial charge in [-0.2, -0.15) is 18.3 Å². The van der Waals surface area contributed by atoms with Crippen molar-refractivity contribution in [3.63, 3.8) is 0 Å². The number of imide groups is 1. The van der Waals surface area contributed by atoms with E-state index in [4.69, 9.17) is 11.6 Å². The summed E-state index contributed by atoms with van der Waals surface area (Å²) in [7, 11) is 1.83. The summed E-state index contributed by atoms with van der Waals surface area (Å²) in [6, 6.07) is 7.96. The number of alkyl halides is 3. The highest BCUT2D eigenvalue weighted by Gasteiger charge is 2.44. The number of hydrogen-bond acceptors (Lipinski definition) is 6. The normalized spacial score (nSPS) is 20.6. The zero-order chi connectivity index (χ0) is 26.5. The molecule has 0 radical (unpaired) electrons. The Kier molecular flexibility index (Phi) is 6.63. The molecule has 1 aromatic heterocycles. The van der Waals surface area contributed by atoms with Gasteiger partial charge in [0.1, 0.15) is 6.04 Å². The molecule has 12 heteroatoms. The third-order valence-electron chi connectivity index (χ3n) is 6.39. The molecule has 0 bridgehead atoms. The highest BCUT2D eigenvalue weighted by molar-refractivity contribution is 8.18. The Hall–Kier alpha value is -3.15. The first kappa shape index (κ1) is 25.5. The number of carbonyl (C=O) groups excluding carboxylic acids is 3. The van der Waals surface area contributed by atoms with Crippen molar-refractivity contribution in [2.24, 2.45) is 0 Å². The second-order valence-corrected chi connectivity index (χ2v) is 10.4. The predicted molar refractivity (Wildman–Crippen MR) is 134 cm³/mol. The van der Waals surface area contributed by atoms with Crippen molar-refractivity contribution in [2.45, 2.75) is 25.2 Å². The number of likely N-dealkylation sites (N-methyl/N-ethyl adjacent to an activating group) is 1. The molecule has 2 amide bonds. The maximum atomic E-state index is 13.5. The quantitative estimate of drug-likeness (QED) is 0.424. The van der Waals surface area contributed by atoms with E-state index in [1.165, 1.54) is 23.0 Å². The van der Waals surface area contributed by atoms with Crippen LogP contribution >= 0.6 is 23.4 Å². The van der Waals surface area contributed by atoms with Gasteiger partial charge in [-0.15, -0.1) is 0 Å². The Labute approximate surface area is 218 Å². The lowest BCUT2D eigenvalue weighted by Gasteiger charge is -2.32. The first-order valence-corrected chi connectivity index (χ1v) is 12.5. The molecule has 1 atom stereocenters. The fourth-order valence-electron chi connectivity index (χ4n) is 4.51. The summed E-state index contributed by atoms with van der Waals surface area (Å²) in [5, 5.41) is 4.41. The number of fused-ring (bicyclic) bond motifs is 1. The Morgan fingerprint density at radius 1 is 1.16 bits per heavy atom. The molecule has 1 unspecified atom stereocenters. The van der Waals surface area contributed by atoms with Gasteiger partial charge in [0.05, 0.1) is 28.7 Å². The number of likely N-dealkylation sites (tertiary alicyclic amines) is 1. The van der Waals surface area contributed by atoms with Crippen LogP contribution in [-0.2, 0) is 22.3 Å². The van der Waals surface area contributed by atoms with Crippen LogP contribution in [0.5, 0.6) is 0 Å². The van der Waals surface area contributed by atoms with Gasteiger partial charge in [-0.25, -0.2) is 0 Å². The molecule has 2 aliphatic heterocycles. The van der Waals surface area contributed by atoms with E-state index >= 15 is 0 Å². The zero-order valence-electron chi connectivity index (χ0n) is 19.5. The Bertz CT molecular complexity index is 1470. The minimum Gasteiger partial charge on any atom is -0.303 e. The number of Topliss-reactive ketones (excluding diaryl/α,β-unsaturated/α-hetero) is 1. The van der Waals surface area contributed by atoms with Gasteiger partial charge >= 0.3 is 6.18 Å². The molecule has 2 aliphatic rings. The molecule has 2 saturated heterocycles.